The molecule has 0 saturated heterocycles. The smallest absolute Gasteiger partial charge is 0.0311 e. The van der Waals surface area contributed by atoms with Crippen molar-refractivity contribution in [3.63, 3.8) is 0 Å². The molecule has 1 saturated carbocycles. The minimum Gasteiger partial charge on any atom is -0.185 e. The average molecular weight is 546 g/mol. The molecule has 64 valence electrons. The number of hydrogen-bond acceptors (Lipinski definition) is 1. The molecule has 0 spiro atoms. The van der Waals surface area contributed by atoms with E-state index in [9.17, 15) is 0 Å². The molecule has 0 radical (unpaired) electrons. The van der Waals surface area contributed by atoms with Crippen molar-refractivity contribution >= 4 is 45.7 Å². The van der Waals surface area contributed by atoms with Crippen LogP contribution in [-0.4, -0.2) is 7.37 Å². The molecule has 0 N–H and O–H groups in total. The normalized spacial score (nSPS) is 20.7. The Bertz CT molecular complexity index is 83.8. The third-order valence-electron chi connectivity index (χ3n) is 1.85. The van der Waals surface area contributed by atoms with Crippen LogP contribution in [0.25, 0.3) is 0 Å². The van der Waals surface area contributed by atoms with E-state index in [4.69, 9.17) is 0 Å². The van der Waals surface area contributed by atoms with Gasteiger partial charge in [-0.25, -0.2) is 0 Å². The summed E-state index contributed by atoms with van der Waals surface area (Å²) in [5.74, 6) is 0. The van der Waals surface area contributed by atoms with Crippen molar-refractivity contribution in [2.75, 3.05) is 0 Å². The maximum atomic E-state index is 2.38. The number of halogens is 2. The molecule has 0 atom stereocenters. The monoisotopic (exact) mass is 546 g/mol. The van der Waals surface area contributed by atoms with E-state index in [1.54, 1.807) is 0 Å². The van der Waals surface area contributed by atoms with Gasteiger partial charge in [-0.15, -0.1) is 0 Å². The van der Waals surface area contributed by atoms with Gasteiger partial charge in [0.25, 0.3) is 0 Å². The number of rotatable bonds is 1. The maximum Gasteiger partial charge on any atom is 0.0311 e. The second-order valence-corrected chi connectivity index (χ2v) is 6.48. The molecule has 1 aliphatic rings. The van der Waals surface area contributed by atoms with Gasteiger partial charge in [0.15, 0.2) is 0 Å². The molecule has 1 nitrogen and oxygen atoms in total. The van der Waals surface area contributed by atoms with Crippen LogP contribution in [0.3, 0.4) is 0 Å². The summed E-state index contributed by atoms with van der Waals surface area (Å²) in [6.45, 7) is 0. The number of nitrogens with zero attached hydrogens (tertiary/aromatic N) is 1. The second kappa shape index (κ2) is 6.61. The molecule has 10 heavy (non-hydrogen) atoms. The Labute approximate surface area is 105 Å². The van der Waals surface area contributed by atoms with Gasteiger partial charge in [0.1, 0.15) is 0 Å². The van der Waals surface area contributed by atoms with Crippen LogP contribution in [0, 0.1) is 0 Å². The molecule has 1 aliphatic carbocycles. The van der Waals surface area contributed by atoms with Gasteiger partial charge in [-0.3, -0.25) is 0 Å². The summed E-state index contributed by atoms with van der Waals surface area (Å²) in [5, 5.41) is 0. The molecular formula is C6H11I2NPt. The first-order valence-corrected chi connectivity index (χ1v) is 5.34. The first-order chi connectivity index (χ1) is 4.30. The van der Waals surface area contributed by atoms with E-state index in [0.717, 1.165) is 6.04 Å². The van der Waals surface area contributed by atoms with Crippen molar-refractivity contribution in [2.45, 2.75) is 38.1 Å². The fourth-order valence-electron chi connectivity index (χ4n) is 1.28. The SMILES string of the molecule is IN(I)C1CCCCC1.[Pt]. The van der Waals surface area contributed by atoms with Crippen LogP contribution in [0.1, 0.15) is 32.1 Å². The Balaban J connectivity index is 0.000000810. The standard InChI is InChI=1S/C6H11I2N.Pt/c7-9(8)6-4-2-1-3-5-6;/h6H,1-5H2;. The van der Waals surface area contributed by atoms with Gasteiger partial charge < -0.3 is 0 Å². The molecule has 0 aliphatic heterocycles. The van der Waals surface area contributed by atoms with E-state index >= 15 is 0 Å². The molecule has 0 bridgehead atoms. The zero-order valence-corrected chi connectivity index (χ0v) is 12.2. The van der Waals surface area contributed by atoms with Crippen molar-refractivity contribution in [1.82, 2.24) is 1.33 Å². The molecule has 4 heteroatoms. The largest absolute Gasteiger partial charge is 0.185 e. The van der Waals surface area contributed by atoms with E-state index in [1.165, 1.54) is 32.1 Å². The molecule has 0 unspecified atom stereocenters. The summed E-state index contributed by atoms with van der Waals surface area (Å²) < 4.78 is 2.30. The maximum absolute atomic E-state index is 2.38. The minimum atomic E-state index is 0. The van der Waals surface area contributed by atoms with E-state index in [1.807, 2.05) is 0 Å². The topological polar surface area (TPSA) is 3.24 Å². The Morgan fingerprint density at radius 3 is 1.80 bits per heavy atom. The van der Waals surface area contributed by atoms with Crippen molar-refractivity contribution in [3.8, 4) is 0 Å². The Morgan fingerprint density at radius 2 is 1.50 bits per heavy atom. The Morgan fingerprint density at radius 1 is 1.00 bits per heavy atom. The van der Waals surface area contributed by atoms with Crippen LogP contribution < -0.4 is 0 Å². The third kappa shape index (κ3) is 4.21. The van der Waals surface area contributed by atoms with Gasteiger partial charge in [-0.1, -0.05) is 19.3 Å². The molecule has 1 fully saturated rings. The van der Waals surface area contributed by atoms with Crippen LogP contribution in [0.15, 0.2) is 0 Å². The van der Waals surface area contributed by atoms with Gasteiger partial charge in [0.05, 0.1) is 0 Å². The predicted molar refractivity (Wildman–Crippen MR) is 56.8 cm³/mol. The fourth-order valence-corrected chi connectivity index (χ4v) is 2.39. The van der Waals surface area contributed by atoms with E-state index in [2.05, 4.69) is 47.1 Å². The predicted octanol–water partition coefficient (Wildman–Crippen LogP) is 3.32. The first kappa shape index (κ1) is 12.1. The molecule has 0 aromatic carbocycles. The Kier molecular flexibility index (Phi) is 8.00. The van der Waals surface area contributed by atoms with Gasteiger partial charge >= 0.3 is 0 Å². The van der Waals surface area contributed by atoms with Gasteiger partial charge in [-0.05, 0) is 12.8 Å². The summed E-state index contributed by atoms with van der Waals surface area (Å²) in [6.07, 6.45) is 7.15. The Hall–Kier alpha value is 2.11. The molecule has 0 aromatic rings. The summed E-state index contributed by atoms with van der Waals surface area (Å²) in [7, 11) is 0. The van der Waals surface area contributed by atoms with E-state index in [-0.39, 0.29) is 21.1 Å². The average Bonchev–Trinajstić information content (AvgIpc) is 1.90. The molecule has 0 heterocycles. The van der Waals surface area contributed by atoms with Crippen LogP contribution >= 0.6 is 45.7 Å². The van der Waals surface area contributed by atoms with Gasteiger partial charge in [0, 0.05) is 72.8 Å². The first-order valence-electron chi connectivity index (χ1n) is 3.41. The van der Waals surface area contributed by atoms with Crippen molar-refractivity contribution in [3.05, 3.63) is 0 Å². The summed E-state index contributed by atoms with van der Waals surface area (Å²) in [4.78, 5) is 0. The van der Waals surface area contributed by atoms with Gasteiger partial charge in [-0.2, -0.15) is 1.33 Å². The van der Waals surface area contributed by atoms with Crippen LogP contribution in [0.2, 0.25) is 0 Å². The van der Waals surface area contributed by atoms with Gasteiger partial charge in [0.2, 0.25) is 0 Å². The summed E-state index contributed by atoms with van der Waals surface area (Å²) in [5.41, 5.74) is 0. The molecule has 0 aromatic heterocycles. The molecule has 1 rings (SSSR count). The van der Waals surface area contributed by atoms with Crippen molar-refractivity contribution in [1.29, 1.82) is 0 Å². The van der Waals surface area contributed by atoms with Crippen LogP contribution in [0.4, 0.5) is 0 Å². The van der Waals surface area contributed by atoms with Crippen molar-refractivity contribution < 1.29 is 21.1 Å². The van der Waals surface area contributed by atoms with Crippen molar-refractivity contribution in [2.24, 2.45) is 0 Å². The van der Waals surface area contributed by atoms with E-state index < -0.39 is 0 Å². The van der Waals surface area contributed by atoms with E-state index in [0.29, 0.717) is 0 Å². The van der Waals surface area contributed by atoms with Crippen LogP contribution in [0.5, 0.6) is 0 Å². The zero-order valence-electron chi connectivity index (χ0n) is 5.63. The third-order valence-corrected chi connectivity index (χ3v) is 3.43. The fraction of sp³-hybridized carbons (Fsp3) is 1.00. The van der Waals surface area contributed by atoms with Crippen LogP contribution in [-0.2, 0) is 21.1 Å². The number of hydrogen-bond donors (Lipinski definition) is 0. The minimum absolute atomic E-state index is 0. The molecule has 0 amide bonds. The second-order valence-electron chi connectivity index (χ2n) is 2.55. The quantitative estimate of drug-likeness (QED) is 0.361. The summed E-state index contributed by atoms with van der Waals surface area (Å²) in [6, 6.07) is 0.861. The molecular weight excluding hydrogens is 535 g/mol. The zero-order chi connectivity index (χ0) is 6.69. The summed E-state index contributed by atoms with van der Waals surface area (Å²) >= 11 is 4.76.